The highest BCUT2D eigenvalue weighted by molar-refractivity contribution is 5.92. The van der Waals surface area contributed by atoms with E-state index in [0.717, 1.165) is 0 Å². The predicted octanol–water partition coefficient (Wildman–Crippen LogP) is 1.22. The van der Waals surface area contributed by atoms with Gasteiger partial charge in [0.1, 0.15) is 24.7 Å². The molecule has 1 atom stereocenters. The number of oxime groups is 2. The molecule has 0 amide bonds. The number of methoxy groups -OCH3 is 1. The number of aromatic nitrogens is 2. The van der Waals surface area contributed by atoms with Crippen LogP contribution in [0.5, 0.6) is 0 Å². The van der Waals surface area contributed by atoms with E-state index in [4.69, 9.17) is 9.94 Å². The van der Waals surface area contributed by atoms with Gasteiger partial charge in [-0.3, -0.25) is 0 Å². The molecule has 0 saturated heterocycles. The van der Waals surface area contributed by atoms with Crippen molar-refractivity contribution < 1.29 is 20.1 Å². The molecule has 0 aromatic carbocycles. The molecular weight excluding hydrogens is 382 g/mol. The van der Waals surface area contributed by atoms with Crippen LogP contribution in [-0.4, -0.2) is 73.7 Å². The quantitative estimate of drug-likeness (QED) is 0.172. The van der Waals surface area contributed by atoms with Crippen molar-refractivity contribution in [1.82, 2.24) is 20.2 Å². The van der Waals surface area contributed by atoms with E-state index in [9.17, 15) is 15.3 Å². The molecule has 0 aliphatic rings. The van der Waals surface area contributed by atoms with Crippen LogP contribution in [0.3, 0.4) is 0 Å². The summed E-state index contributed by atoms with van der Waals surface area (Å²) in [6.45, 7) is 9.98. The van der Waals surface area contributed by atoms with Crippen molar-refractivity contribution in [2.45, 2.75) is 58.3 Å². The van der Waals surface area contributed by atoms with Crippen molar-refractivity contribution >= 4 is 17.4 Å². The van der Waals surface area contributed by atoms with Gasteiger partial charge in [0, 0.05) is 20.2 Å². The van der Waals surface area contributed by atoms with E-state index < -0.39 is 16.0 Å². The Morgan fingerprint density at radius 1 is 1.28 bits per heavy atom. The summed E-state index contributed by atoms with van der Waals surface area (Å²) >= 11 is 0. The summed E-state index contributed by atoms with van der Waals surface area (Å²) in [6.07, 6.45) is 2.54. The molecule has 12 heteroatoms. The van der Waals surface area contributed by atoms with Gasteiger partial charge in [0.25, 0.3) is 0 Å². The lowest BCUT2D eigenvalue weighted by atomic mass is 9.97. The number of nitro groups is 1. The first-order valence-electron chi connectivity index (χ1n) is 9.07. The fourth-order valence-electron chi connectivity index (χ4n) is 2.44. The van der Waals surface area contributed by atoms with Crippen LogP contribution < -0.4 is 10.6 Å². The maximum Gasteiger partial charge on any atom is 0.434 e. The van der Waals surface area contributed by atoms with Crippen LogP contribution in [-0.2, 0) is 11.3 Å². The normalized spacial score (nSPS) is 14.8. The summed E-state index contributed by atoms with van der Waals surface area (Å²) in [5, 5.41) is 42.6. The molecule has 164 valence electrons. The number of rotatable bonds is 12. The van der Waals surface area contributed by atoms with Crippen molar-refractivity contribution in [3.05, 3.63) is 22.5 Å². The molecule has 1 aromatic rings. The first kappa shape index (κ1) is 24.5. The average Bonchev–Trinajstić information content (AvgIpc) is 3.13. The minimum absolute atomic E-state index is 0.00189. The monoisotopic (exact) mass is 413 g/mol. The Balaban J connectivity index is 2.75. The Morgan fingerprint density at radius 3 is 2.34 bits per heavy atom. The number of imidazole rings is 1. The van der Waals surface area contributed by atoms with Crippen LogP contribution >= 0.6 is 0 Å². The van der Waals surface area contributed by atoms with Crippen molar-refractivity contribution in [3.8, 4) is 0 Å². The molecule has 1 aromatic heterocycles. The van der Waals surface area contributed by atoms with Crippen LogP contribution in [0.1, 0.15) is 34.6 Å². The number of ether oxygens (including phenoxy) is 1. The van der Waals surface area contributed by atoms with Gasteiger partial charge in [0.15, 0.2) is 0 Å². The van der Waals surface area contributed by atoms with E-state index in [-0.39, 0.29) is 18.6 Å². The molecule has 0 spiro atoms. The highest BCUT2D eigenvalue weighted by Gasteiger charge is 2.30. The number of nitrogens with one attached hydrogen (secondary N) is 2. The van der Waals surface area contributed by atoms with E-state index in [1.807, 2.05) is 13.8 Å². The van der Waals surface area contributed by atoms with Crippen molar-refractivity contribution in [1.29, 1.82) is 0 Å². The molecule has 12 nitrogen and oxygen atoms in total. The van der Waals surface area contributed by atoms with Gasteiger partial charge < -0.3 is 35.9 Å². The standard InChI is InChI=1S/C17H31N7O5/c1-12(21-25)16(2,3)19-9-13(29-6)10-20-17(4,5)14(22-26)11-23-8-7-18-15(23)24(27)28/h7-8,13,19-20,25-26H,9-11H2,1-6H3. The largest absolute Gasteiger partial charge is 0.434 e. The maximum absolute atomic E-state index is 11.0. The molecule has 4 N–H and O–H groups in total. The predicted molar refractivity (Wildman–Crippen MR) is 108 cm³/mol. The van der Waals surface area contributed by atoms with Crippen LogP contribution in [0.15, 0.2) is 22.7 Å². The van der Waals surface area contributed by atoms with Crippen molar-refractivity contribution in [3.63, 3.8) is 0 Å². The molecule has 1 rings (SSSR count). The van der Waals surface area contributed by atoms with E-state index in [0.29, 0.717) is 24.5 Å². The summed E-state index contributed by atoms with van der Waals surface area (Å²) in [6, 6.07) is 0. The fourth-order valence-corrected chi connectivity index (χ4v) is 2.44. The van der Waals surface area contributed by atoms with E-state index >= 15 is 0 Å². The van der Waals surface area contributed by atoms with Gasteiger partial charge in [-0.2, -0.15) is 0 Å². The summed E-state index contributed by atoms with van der Waals surface area (Å²) in [4.78, 5) is 14.1. The molecule has 1 heterocycles. The first-order chi connectivity index (χ1) is 13.5. The average molecular weight is 413 g/mol. The molecule has 0 aliphatic heterocycles. The second-order valence-electron chi connectivity index (χ2n) is 7.71. The second-order valence-corrected chi connectivity index (χ2v) is 7.71. The number of hydrogen-bond donors (Lipinski definition) is 4. The summed E-state index contributed by atoms with van der Waals surface area (Å²) in [5.74, 6) is -0.330. The third kappa shape index (κ3) is 6.76. The second kappa shape index (κ2) is 10.3. The molecule has 0 fully saturated rings. The number of hydrogen-bond acceptors (Lipinski definition) is 10. The zero-order valence-corrected chi connectivity index (χ0v) is 17.7. The van der Waals surface area contributed by atoms with Crippen molar-refractivity contribution in [2.75, 3.05) is 20.2 Å². The Hall–Kier alpha value is -2.57. The maximum atomic E-state index is 11.0. The van der Waals surface area contributed by atoms with Gasteiger partial charge in [0.2, 0.25) is 0 Å². The van der Waals surface area contributed by atoms with Crippen LogP contribution in [0, 0.1) is 10.1 Å². The van der Waals surface area contributed by atoms with E-state index in [1.165, 1.54) is 17.0 Å². The van der Waals surface area contributed by atoms with Crippen LogP contribution in [0.4, 0.5) is 5.95 Å². The van der Waals surface area contributed by atoms with Crippen LogP contribution in [0.25, 0.3) is 0 Å². The number of nitrogens with zero attached hydrogens (tertiary/aromatic N) is 5. The zero-order valence-electron chi connectivity index (χ0n) is 17.7. The Bertz CT molecular complexity index is 742. The third-order valence-corrected chi connectivity index (χ3v) is 4.95. The summed E-state index contributed by atoms with van der Waals surface area (Å²) in [7, 11) is 1.58. The highest BCUT2D eigenvalue weighted by atomic mass is 16.6. The molecular formula is C17H31N7O5. The first-order valence-corrected chi connectivity index (χ1v) is 9.07. The molecule has 29 heavy (non-hydrogen) atoms. The Labute approximate surface area is 169 Å². The smallest absolute Gasteiger partial charge is 0.411 e. The third-order valence-electron chi connectivity index (χ3n) is 4.95. The van der Waals surface area contributed by atoms with Gasteiger partial charge >= 0.3 is 5.95 Å². The Morgan fingerprint density at radius 2 is 1.86 bits per heavy atom. The lowest BCUT2D eigenvalue weighted by Crippen LogP contribution is -2.54. The molecule has 0 radical (unpaired) electrons. The SMILES string of the molecule is COC(CNC(C)(C)C(C)=NO)CNC(C)(C)C(Cn1ccnc1[N+](=O)[O-])=NO. The molecule has 0 aliphatic carbocycles. The topological polar surface area (TPSA) is 159 Å². The zero-order chi connectivity index (χ0) is 22.2. The minimum atomic E-state index is -0.776. The van der Waals surface area contributed by atoms with Crippen LogP contribution in [0.2, 0.25) is 0 Å². The van der Waals surface area contributed by atoms with Gasteiger partial charge in [-0.05, 0) is 39.5 Å². The Kier molecular flexibility index (Phi) is 8.67. The molecule has 0 bridgehead atoms. The van der Waals surface area contributed by atoms with Gasteiger partial charge in [-0.25, -0.2) is 4.57 Å². The molecule has 1 unspecified atom stereocenters. The highest BCUT2D eigenvalue weighted by Crippen LogP contribution is 2.13. The summed E-state index contributed by atoms with van der Waals surface area (Å²) < 4.78 is 6.79. The van der Waals surface area contributed by atoms with E-state index in [1.54, 1.807) is 27.9 Å². The van der Waals surface area contributed by atoms with Gasteiger partial charge in [-0.1, -0.05) is 15.3 Å². The fraction of sp³-hybridized carbons (Fsp3) is 0.706. The minimum Gasteiger partial charge on any atom is -0.411 e. The van der Waals surface area contributed by atoms with Crippen molar-refractivity contribution in [2.24, 2.45) is 10.3 Å². The summed E-state index contributed by atoms with van der Waals surface area (Å²) in [5.41, 5.74) is -0.455. The van der Waals surface area contributed by atoms with Gasteiger partial charge in [-0.15, -0.1) is 0 Å². The van der Waals surface area contributed by atoms with E-state index in [2.05, 4.69) is 25.9 Å². The molecule has 0 saturated carbocycles. The van der Waals surface area contributed by atoms with Gasteiger partial charge in [0.05, 0.1) is 22.9 Å². The lowest BCUT2D eigenvalue weighted by molar-refractivity contribution is -0.396. The lowest BCUT2D eigenvalue weighted by Gasteiger charge is -2.31.